The van der Waals surface area contributed by atoms with E-state index in [0.29, 0.717) is 13.2 Å². The summed E-state index contributed by atoms with van der Waals surface area (Å²) in [7, 11) is 0. The molecule has 5 nitrogen and oxygen atoms in total. The van der Waals surface area contributed by atoms with Gasteiger partial charge in [-0.15, -0.1) is 0 Å². The summed E-state index contributed by atoms with van der Waals surface area (Å²) < 4.78 is 13.1. The molecule has 1 aromatic heterocycles. The second-order valence-corrected chi connectivity index (χ2v) is 5.73. The van der Waals surface area contributed by atoms with Crippen molar-refractivity contribution in [2.24, 2.45) is 0 Å². The van der Waals surface area contributed by atoms with Crippen LogP contribution in [0.2, 0.25) is 0 Å². The van der Waals surface area contributed by atoms with E-state index in [9.17, 15) is 9.90 Å². The van der Waals surface area contributed by atoms with Crippen molar-refractivity contribution in [2.75, 3.05) is 13.2 Å². The quantitative estimate of drug-likeness (QED) is 0.628. The largest absolute Gasteiger partial charge is 2.00 e. The zero-order valence-corrected chi connectivity index (χ0v) is 17.4. The number of carboxylic acid groups (broad SMARTS) is 1. The Labute approximate surface area is 178 Å². The number of nitrogens with zero attached hydrogens (tertiary/aromatic N) is 1. The molecule has 0 saturated heterocycles. The van der Waals surface area contributed by atoms with Gasteiger partial charge in [0.2, 0.25) is 0 Å². The van der Waals surface area contributed by atoms with E-state index in [4.69, 9.17) is 9.47 Å². The maximum absolute atomic E-state index is 11.0. The first-order chi connectivity index (χ1) is 11.5. The predicted molar refractivity (Wildman–Crippen MR) is 95.7 cm³/mol. The number of aromatic nitrogens is 1. The number of carbonyl (C=O) groups is 1. The van der Waals surface area contributed by atoms with Gasteiger partial charge in [0.1, 0.15) is 18.5 Å². The van der Waals surface area contributed by atoms with Gasteiger partial charge in [-0.05, 0) is 50.6 Å². The Morgan fingerprint density at radius 3 is 2.24 bits per heavy atom. The summed E-state index contributed by atoms with van der Waals surface area (Å²) in [5, 5.41) is 11.0. The van der Waals surface area contributed by atoms with Gasteiger partial charge < -0.3 is 23.9 Å². The summed E-state index contributed by atoms with van der Waals surface area (Å²) in [4.78, 5) is 11.0. The molecule has 2 aromatic rings. The van der Waals surface area contributed by atoms with Crippen LogP contribution in [-0.2, 0) is 22.5 Å². The van der Waals surface area contributed by atoms with Crippen molar-refractivity contribution in [3.05, 3.63) is 53.3 Å². The summed E-state index contributed by atoms with van der Waals surface area (Å²) in [5.41, 5.74) is 3.31. The molecular formula is C19H24CaNO4+. The third-order valence-electron chi connectivity index (χ3n) is 3.98. The summed E-state index contributed by atoms with van der Waals surface area (Å²) in [6, 6.07) is 11.6. The molecule has 6 heteroatoms. The first-order valence-corrected chi connectivity index (χ1v) is 8.18. The van der Waals surface area contributed by atoms with Gasteiger partial charge in [0.05, 0.1) is 12.5 Å². The van der Waals surface area contributed by atoms with Crippen molar-refractivity contribution in [1.82, 2.24) is 4.57 Å². The minimum atomic E-state index is -1.19. The normalized spacial score (nSPS) is 11.6. The predicted octanol–water partition coefficient (Wildman–Crippen LogP) is 1.50. The molecule has 0 saturated carbocycles. The third kappa shape index (κ3) is 6.66. The second-order valence-electron chi connectivity index (χ2n) is 5.73. The minimum Gasteiger partial charge on any atom is -0.547 e. The summed E-state index contributed by atoms with van der Waals surface area (Å²) in [6.07, 6.45) is -0.625. The standard InChI is InChI=1S/C19H25NO4.Ca/c1-4-23-18(19(21)22)13-16-7-9-17(10-8-16)24-12-11-20-14(2)5-6-15(20)3;/h5-10,18H,4,11-13H2,1-3H3,(H,21,22);/q;+2/p-1/t18-;/m0./s1. The van der Waals surface area contributed by atoms with Crippen LogP contribution >= 0.6 is 0 Å². The van der Waals surface area contributed by atoms with E-state index in [2.05, 4.69) is 30.5 Å². The second kappa shape index (κ2) is 10.9. The Kier molecular flexibility index (Phi) is 9.57. The van der Waals surface area contributed by atoms with Crippen molar-refractivity contribution in [1.29, 1.82) is 0 Å². The summed E-state index contributed by atoms with van der Waals surface area (Å²) >= 11 is 0. The fourth-order valence-electron chi connectivity index (χ4n) is 2.65. The molecule has 0 fully saturated rings. The Hall–Kier alpha value is -1.01. The number of benzene rings is 1. The Balaban J connectivity index is 0.00000312. The van der Waals surface area contributed by atoms with Gasteiger partial charge >= 0.3 is 37.7 Å². The smallest absolute Gasteiger partial charge is 0.547 e. The molecule has 0 aliphatic carbocycles. The van der Waals surface area contributed by atoms with Gasteiger partial charge in [0, 0.05) is 24.4 Å². The number of hydrogen-bond donors (Lipinski definition) is 0. The number of carbonyl (C=O) groups excluding carboxylic acids is 1. The Bertz CT molecular complexity index is 647. The van der Waals surface area contributed by atoms with Crippen LogP contribution in [0.5, 0.6) is 5.75 Å². The Morgan fingerprint density at radius 2 is 1.72 bits per heavy atom. The van der Waals surface area contributed by atoms with Crippen LogP contribution in [0.4, 0.5) is 0 Å². The molecule has 0 bridgehead atoms. The van der Waals surface area contributed by atoms with Crippen molar-refractivity contribution < 1.29 is 19.4 Å². The maximum Gasteiger partial charge on any atom is 2.00 e. The summed E-state index contributed by atoms with van der Waals surface area (Å²) in [6.45, 7) is 7.64. The molecule has 0 aliphatic heterocycles. The number of ether oxygens (including phenoxy) is 2. The molecule has 1 atom stereocenters. The van der Waals surface area contributed by atoms with Crippen molar-refractivity contribution in [3.63, 3.8) is 0 Å². The molecule has 1 aromatic carbocycles. The molecule has 25 heavy (non-hydrogen) atoms. The van der Waals surface area contributed by atoms with Crippen LogP contribution < -0.4 is 9.84 Å². The van der Waals surface area contributed by atoms with E-state index in [1.165, 1.54) is 11.4 Å². The van der Waals surface area contributed by atoms with E-state index >= 15 is 0 Å². The van der Waals surface area contributed by atoms with E-state index in [-0.39, 0.29) is 44.2 Å². The van der Waals surface area contributed by atoms with Gasteiger partial charge in [-0.2, -0.15) is 0 Å². The van der Waals surface area contributed by atoms with Gasteiger partial charge in [0.25, 0.3) is 0 Å². The van der Waals surface area contributed by atoms with Crippen LogP contribution in [-0.4, -0.2) is 67.6 Å². The van der Waals surface area contributed by atoms with Crippen LogP contribution in [0.25, 0.3) is 0 Å². The first kappa shape index (κ1) is 22.0. The zero-order valence-electron chi connectivity index (χ0n) is 15.2. The number of hydrogen-bond acceptors (Lipinski definition) is 4. The average Bonchev–Trinajstić information content (AvgIpc) is 2.87. The van der Waals surface area contributed by atoms with E-state index < -0.39 is 12.1 Å². The van der Waals surface area contributed by atoms with E-state index in [1.807, 2.05) is 24.3 Å². The van der Waals surface area contributed by atoms with Gasteiger partial charge in [0.15, 0.2) is 0 Å². The van der Waals surface area contributed by atoms with Crippen LogP contribution in [0.15, 0.2) is 36.4 Å². The fraction of sp³-hybridized carbons (Fsp3) is 0.421. The minimum absolute atomic E-state index is 0. The molecule has 2 rings (SSSR count). The van der Waals surface area contributed by atoms with Crippen LogP contribution in [0.3, 0.4) is 0 Å². The average molecular weight is 370 g/mol. The SMILES string of the molecule is CCO[C@@H](Cc1ccc(OCCn2c(C)ccc2C)cc1)C(=O)[O-].[Ca+2]. The third-order valence-corrected chi connectivity index (χ3v) is 3.98. The molecule has 0 radical (unpaired) electrons. The molecule has 0 spiro atoms. The fourth-order valence-corrected chi connectivity index (χ4v) is 2.65. The zero-order chi connectivity index (χ0) is 17.5. The number of carboxylic acids is 1. The molecule has 0 amide bonds. The maximum atomic E-state index is 11.0. The molecule has 130 valence electrons. The summed E-state index contributed by atoms with van der Waals surface area (Å²) in [5.74, 6) is -0.419. The number of rotatable bonds is 9. The number of aryl methyl sites for hydroxylation is 2. The topological polar surface area (TPSA) is 63.5 Å². The van der Waals surface area contributed by atoms with Gasteiger partial charge in [-0.1, -0.05) is 12.1 Å². The van der Waals surface area contributed by atoms with Crippen molar-refractivity contribution in [3.8, 4) is 5.75 Å². The first-order valence-electron chi connectivity index (χ1n) is 8.18. The van der Waals surface area contributed by atoms with E-state index in [0.717, 1.165) is 17.9 Å². The van der Waals surface area contributed by atoms with Gasteiger partial charge in [-0.25, -0.2) is 0 Å². The van der Waals surface area contributed by atoms with Crippen molar-refractivity contribution >= 4 is 43.7 Å². The molecule has 1 heterocycles. The monoisotopic (exact) mass is 370 g/mol. The molecule has 0 unspecified atom stereocenters. The van der Waals surface area contributed by atoms with Gasteiger partial charge in [-0.3, -0.25) is 0 Å². The number of aliphatic carboxylic acids is 1. The molecule has 0 N–H and O–H groups in total. The van der Waals surface area contributed by atoms with Crippen LogP contribution in [0.1, 0.15) is 23.9 Å². The Morgan fingerprint density at radius 1 is 1.12 bits per heavy atom. The van der Waals surface area contributed by atoms with E-state index in [1.54, 1.807) is 6.92 Å². The molecule has 0 aliphatic rings. The van der Waals surface area contributed by atoms with Crippen molar-refractivity contribution in [2.45, 2.75) is 39.8 Å². The van der Waals surface area contributed by atoms with Crippen LogP contribution in [0, 0.1) is 13.8 Å². The molecular weight excluding hydrogens is 346 g/mol.